The van der Waals surface area contributed by atoms with E-state index in [1.807, 2.05) is 4.90 Å². The first kappa shape index (κ1) is 38.6. The molecule has 0 heterocycles. The van der Waals surface area contributed by atoms with Gasteiger partial charge in [0.1, 0.15) is 0 Å². The molecule has 0 rings (SSSR count). The predicted octanol–water partition coefficient (Wildman–Crippen LogP) is 8.83. The fraction of sp³-hybridized carbons (Fsp3) is 0.971. The molecule has 224 valence electrons. The predicted molar refractivity (Wildman–Crippen MR) is 163 cm³/mol. The lowest BCUT2D eigenvalue weighted by Gasteiger charge is -2.20. The van der Waals surface area contributed by atoms with Crippen molar-refractivity contribution in [3.05, 3.63) is 0 Å². The number of hydrogen-bond acceptors (Lipinski definition) is 2. The summed E-state index contributed by atoms with van der Waals surface area (Å²) in [6.45, 7) is 13.4. The summed E-state index contributed by atoms with van der Waals surface area (Å²) in [5, 5.41) is 10.0. The van der Waals surface area contributed by atoms with Crippen LogP contribution in [0.3, 0.4) is 0 Å². The van der Waals surface area contributed by atoms with Crippen LogP contribution in [0.25, 0.3) is 0 Å². The van der Waals surface area contributed by atoms with Crippen LogP contribution >= 0.6 is 0 Å². The first-order valence-corrected chi connectivity index (χ1v) is 17.2. The average molecular weight is 526 g/mol. The Bertz CT molecular complexity index is 375. The second-order valence-electron chi connectivity index (χ2n) is 11.5. The number of carbonyl (C=O) groups is 1. The molecule has 0 radical (unpaired) electrons. The van der Waals surface area contributed by atoms with Crippen LogP contribution in [0, 0.1) is 0 Å². The highest BCUT2D eigenvalue weighted by atomic mass is 16.4. The molecule has 0 aliphatic heterocycles. The lowest BCUT2D eigenvalue weighted by Crippen LogP contribution is -3.12. The average Bonchev–Trinajstić information content (AvgIpc) is 2.89. The van der Waals surface area contributed by atoms with Crippen molar-refractivity contribution in [3.8, 4) is 0 Å². The van der Waals surface area contributed by atoms with E-state index in [0.717, 1.165) is 12.8 Å². The van der Waals surface area contributed by atoms with E-state index in [-0.39, 0.29) is 6.42 Å². The minimum Gasteiger partial charge on any atom is -0.550 e. The zero-order chi connectivity index (χ0) is 27.7. The van der Waals surface area contributed by atoms with Gasteiger partial charge in [0, 0.05) is 5.97 Å². The Morgan fingerprint density at radius 1 is 0.405 bits per heavy atom. The number of quaternary nitrogens is 1. The van der Waals surface area contributed by atoms with Gasteiger partial charge in [-0.1, -0.05) is 143 Å². The van der Waals surface area contributed by atoms with Gasteiger partial charge in [0.15, 0.2) is 0 Å². The first-order chi connectivity index (χ1) is 18.1. The molecule has 0 saturated carbocycles. The van der Waals surface area contributed by atoms with Crippen molar-refractivity contribution in [2.24, 2.45) is 0 Å². The Kier molecular flexibility index (Phi) is 36.9. The SMILES string of the molecule is CCCCCCCCCC(=O)[O-].CCCCCCCC[NH+](CCCCCCCC)CCCCCCCC. The van der Waals surface area contributed by atoms with Crippen LogP contribution in [-0.4, -0.2) is 25.6 Å². The second-order valence-corrected chi connectivity index (χ2v) is 11.5. The molecule has 0 spiro atoms. The van der Waals surface area contributed by atoms with Gasteiger partial charge in [0.2, 0.25) is 0 Å². The van der Waals surface area contributed by atoms with Gasteiger partial charge < -0.3 is 14.8 Å². The van der Waals surface area contributed by atoms with Gasteiger partial charge >= 0.3 is 0 Å². The fourth-order valence-corrected chi connectivity index (χ4v) is 5.07. The van der Waals surface area contributed by atoms with Crippen molar-refractivity contribution in [3.63, 3.8) is 0 Å². The lowest BCUT2D eigenvalue weighted by molar-refractivity contribution is -0.900. The Morgan fingerprint density at radius 2 is 0.649 bits per heavy atom. The minimum absolute atomic E-state index is 0.230. The largest absolute Gasteiger partial charge is 0.550 e. The van der Waals surface area contributed by atoms with Gasteiger partial charge in [-0.15, -0.1) is 0 Å². The van der Waals surface area contributed by atoms with Crippen molar-refractivity contribution >= 4 is 5.97 Å². The minimum atomic E-state index is -0.913. The molecule has 0 aromatic carbocycles. The zero-order valence-electron chi connectivity index (χ0n) is 26.3. The summed E-state index contributed by atoms with van der Waals surface area (Å²) in [5.74, 6) is -0.913. The molecule has 0 saturated heterocycles. The third kappa shape index (κ3) is 37.6. The summed E-state index contributed by atoms with van der Waals surface area (Å²) < 4.78 is 0. The Morgan fingerprint density at radius 3 is 0.919 bits per heavy atom. The quantitative estimate of drug-likeness (QED) is 0.0991. The second kappa shape index (κ2) is 35.4. The molecule has 0 aromatic heterocycles. The van der Waals surface area contributed by atoms with E-state index in [2.05, 4.69) is 27.7 Å². The van der Waals surface area contributed by atoms with E-state index in [1.165, 1.54) is 167 Å². The molecule has 0 bridgehead atoms. The Balaban J connectivity index is 0. The van der Waals surface area contributed by atoms with Crippen molar-refractivity contribution in [1.82, 2.24) is 0 Å². The van der Waals surface area contributed by atoms with Crippen molar-refractivity contribution in [2.75, 3.05) is 19.6 Å². The molecule has 0 aliphatic carbocycles. The molecule has 0 fully saturated rings. The standard InChI is InChI=1S/C24H51N.C10H20O2/c1-4-7-10-13-16-19-22-25(23-20-17-14-11-8-5-2)24-21-18-15-12-9-6-3;1-2-3-4-5-6-7-8-9-10(11)12/h4-24H2,1-3H3;2-9H2,1H3,(H,11,12). The van der Waals surface area contributed by atoms with Crippen molar-refractivity contribution < 1.29 is 14.8 Å². The van der Waals surface area contributed by atoms with Gasteiger partial charge in [-0.3, -0.25) is 0 Å². The van der Waals surface area contributed by atoms with Gasteiger partial charge in [-0.25, -0.2) is 0 Å². The molecule has 37 heavy (non-hydrogen) atoms. The number of carbonyl (C=O) groups excluding carboxylic acids is 1. The monoisotopic (exact) mass is 526 g/mol. The number of carboxylic acids is 1. The van der Waals surface area contributed by atoms with Gasteiger partial charge in [-0.2, -0.15) is 0 Å². The van der Waals surface area contributed by atoms with Gasteiger partial charge in [-0.05, 0) is 51.4 Å². The highest BCUT2D eigenvalue weighted by Gasteiger charge is 2.08. The topological polar surface area (TPSA) is 44.6 Å². The van der Waals surface area contributed by atoms with Crippen molar-refractivity contribution in [2.45, 2.75) is 195 Å². The smallest absolute Gasteiger partial charge is 0.0770 e. The summed E-state index contributed by atoms with van der Waals surface area (Å²) in [4.78, 5) is 11.9. The zero-order valence-corrected chi connectivity index (χ0v) is 26.3. The van der Waals surface area contributed by atoms with Crippen LogP contribution in [0.4, 0.5) is 0 Å². The molecule has 3 nitrogen and oxygen atoms in total. The maximum Gasteiger partial charge on any atom is 0.0770 e. The van der Waals surface area contributed by atoms with Gasteiger partial charge in [0.05, 0.1) is 19.6 Å². The van der Waals surface area contributed by atoms with E-state index < -0.39 is 5.97 Å². The molecule has 0 amide bonds. The van der Waals surface area contributed by atoms with Crippen LogP contribution in [0.15, 0.2) is 0 Å². The number of carboxylic acid groups (broad SMARTS) is 1. The summed E-state index contributed by atoms with van der Waals surface area (Å²) in [7, 11) is 0. The highest BCUT2D eigenvalue weighted by molar-refractivity contribution is 5.64. The van der Waals surface area contributed by atoms with Crippen LogP contribution in [0.1, 0.15) is 195 Å². The highest BCUT2D eigenvalue weighted by Crippen LogP contribution is 2.08. The lowest BCUT2D eigenvalue weighted by atomic mass is 10.1. The van der Waals surface area contributed by atoms with Crippen molar-refractivity contribution in [1.29, 1.82) is 0 Å². The normalized spacial score (nSPS) is 11.1. The third-order valence-electron chi connectivity index (χ3n) is 7.64. The molecular formula is C34H71NO2. The van der Waals surface area contributed by atoms with E-state index in [1.54, 1.807) is 0 Å². The van der Waals surface area contributed by atoms with E-state index >= 15 is 0 Å². The maximum absolute atomic E-state index is 10.0. The molecule has 1 N–H and O–H groups in total. The maximum atomic E-state index is 10.0. The summed E-state index contributed by atoms with van der Waals surface area (Å²) in [6.07, 6.45) is 34.3. The van der Waals surface area contributed by atoms with E-state index in [9.17, 15) is 9.90 Å². The molecule has 0 aromatic rings. The number of rotatable bonds is 29. The van der Waals surface area contributed by atoms with Gasteiger partial charge in [0.25, 0.3) is 0 Å². The molecule has 0 aliphatic rings. The summed E-state index contributed by atoms with van der Waals surface area (Å²) in [6, 6.07) is 0. The van der Waals surface area contributed by atoms with Crippen LogP contribution in [-0.2, 0) is 4.79 Å². The summed E-state index contributed by atoms with van der Waals surface area (Å²) >= 11 is 0. The van der Waals surface area contributed by atoms with Crippen LogP contribution < -0.4 is 10.0 Å². The summed E-state index contributed by atoms with van der Waals surface area (Å²) in [5.41, 5.74) is 0. The molecular weight excluding hydrogens is 454 g/mol. The number of hydrogen-bond donors (Lipinski definition) is 1. The first-order valence-electron chi connectivity index (χ1n) is 17.2. The van der Waals surface area contributed by atoms with E-state index in [4.69, 9.17) is 0 Å². The molecule has 0 atom stereocenters. The van der Waals surface area contributed by atoms with Crippen LogP contribution in [0.2, 0.25) is 0 Å². The molecule has 0 unspecified atom stereocenters. The fourth-order valence-electron chi connectivity index (χ4n) is 5.07. The Hall–Kier alpha value is -0.570. The van der Waals surface area contributed by atoms with E-state index in [0.29, 0.717) is 0 Å². The third-order valence-corrected chi connectivity index (χ3v) is 7.64. The van der Waals surface area contributed by atoms with Crippen LogP contribution in [0.5, 0.6) is 0 Å². The number of nitrogens with one attached hydrogen (secondary N) is 1. The number of unbranched alkanes of at least 4 members (excludes halogenated alkanes) is 21. The molecule has 3 heteroatoms. The number of aliphatic carboxylic acids is 1. The Labute approximate surface area is 235 Å².